The first kappa shape index (κ1) is 8.52. The Balaban J connectivity index is 2.88. The van der Waals surface area contributed by atoms with Gasteiger partial charge in [-0.1, -0.05) is 6.07 Å². The molecule has 0 radical (unpaired) electrons. The minimum absolute atomic E-state index is 0.300. The molecule has 64 valence electrons. The van der Waals surface area contributed by atoms with E-state index in [0.717, 1.165) is 0 Å². The molecule has 0 fully saturated rings. The topological polar surface area (TPSA) is 52.3 Å². The van der Waals surface area contributed by atoms with Crippen LogP contribution in [0.3, 0.4) is 0 Å². The average Bonchev–Trinajstić information content (AvgIpc) is 2.05. The highest BCUT2D eigenvalue weighted by molar-refractivity contribution is 5.93. The second-order valence-electron chi connectivity index (χ2n) is 2.15. The smallest absolute Gasteiger partial charge is 0.248 e. The molecular formula is C8H8FNO2. The van der Waals surface area contributed by atoms with Crippen LogP contribution in [0, 0.1) is 0 Å². The van der Waals surface area contributed by atoms with Gasteiger partial charge in [-0.15, -0.1) is 0 Å². The van der Waals surface area contributed by atoms with E-state index in [1.165, 1.54) is 12.1 Å². The van der Waals surface area contributed by atoms with E-state index in [-0.39, 0.29) is 0 Å². The first-order valence-corrected chi connectivity index (χ1v) is 3.32. The van der Waals surface area contributed by atoms with E-state index >= 15 is 0 Å². The summed E-state index contributed by atoms with van der Waals surface area (Å²) >= 11 is 0. The zero-order valence-corrected chi connectivity index (χ0v) is 6.29. The van der Waals surface area contributed by atoms with Crippen molar-refractivity contribution in [2.75, 3.05) is 6.86 Å². The van der Waals surface area contributed by atoms with Gasteiger partial charge in [0, 0.05) is 5.56 Å². The van der Waals surface area contributed by atoms with Crippen LogP contribution in [-0.4, -0.2) is 12.8 Å². The molecule has 0 aliphatic carbocycles. The molecule has 0 aliphatic rings. The molecule has 0 saturated heterocycles. The Bertz CT molecular complexity index is 288. The van der Waals surface area contributed by atoms with Gasteiger partial charge in [0.25, 0.3) is 0 Å². The second kappa shape index (κ2) is 3.71. The summed E-state index contributed by atoms with van der Waals surface area (Å²) < 4.78 is 16.2. The molecule has 0 unspecified atom stereocenters. The fourth-order valence-electron chi connectivity index (χ4n) is 0.802. The maximum absolute atomic E-state index is 11.7. The van der Waals surface area contributed by atoms with Crippen molar-refractivity contribution in [3.8, 4) is 5.75 Å². The Labute approximate surface area is 68.9 Å². The van der Waals surface area contributed by atoms with Gasteiger partial charge in [0.2, 0.25) is 12.8 Å². The van der Waals surface area contributed by atoms with E-state index in [9.17, 15) is 9.18 Å². The van der Waals surface area contributed by atoms with Gasteiger partial charge in [-0.05, 0) is 18.2 Å². The molecule has 0 atom stereocenters. The van der Waals surface area contributed by atoms with E-state index in [4.69, 9.17) is 5.73 Å². The van der Waals surface area contributed by atoms with E-state index in [1.807, 2.05) is 0 Å². The van der Waals surface area contributed by atoms with Crippen LogP contribution in [0.2, 0.25) is 0 Å². The molecular weight excluding hydrogens is 161 g/mol. The van der Waals surface area contributed by atoms with Crippen molar-refractivity contribution in [3.63, 3.8) is 0 Å². The molecule has 3 nitrogen and oxygen atoms in total. The summed E-state index contributed by atoms with van der Waals surface area (Å²) in [6.07, 6.45) is 0. The minimum Gasteiger partial charge on any atom is -0.463 e. The Morgan fingerprint density at radius 3 is 2.92 bits per heavy atom. The molecule has 0 bridgehead atoms. The first-order valence-electron chi connectivity index (χ1n) is 3.32. The highest BCUT2D eigenvalue weighted by Crippen LogP contribution is 2.12. The van der Waals surface area contributed by atoms with Crippen molar-refractivity contribution in [2.45, 2.75) is 0 Å². The third-order valence-corrected chi connectivity index (χ3v) is 1.34. The van der Waals surface area contributed by atoms with Crippen molar-refractivity contribution in [1.82, 2.24) is 0 Å². The van der Waals surface area contributed by atoms with Crippen LogP contribution in [0.5, 0.6) is 5.75 Å². The summed E-state index contributed by atoms with van der Waals surface area (Å²) in [6, 6.07) is 6.05. The van der Waals surface area contributed by atoms with Crippen molar-refractivity contribution >= 4 is 5.91 Å². The first-order chi connectivity index (χ1) is 5.74. The number of rotatable bonds is 3. The number of ether oxygens (including phenoxy) is 1. The van der Waals surface area contributed by atoms with Crippen LogP contribution >= 0.6 is 0 Å². The average molecular weight is 169 g/mol. The maximum Gasteiger partial charge on any atom is 0.248 e. The van der Waals surface area contributed by atoms with Gasteiger partial charge < -0.3 is 10.5 Å². The third-order valence-electron chi connectivity index (χ3n) is 1.34. The van der Waals surface area contributed by atoms with Gasteiger partial charge in [0.1, 0.15) is 5.75 Å². The summed E-state index contributed by atoms with van der Waals surface area (Å²) in [5.41, 5.74) is 5.30. The number of carbonyl (C=O) groups is 1. The Morgan fingerprint density at radius 1 is 1.58 bits per heavy atom. The SMILES string of the molecule is NC(=O)c1cccc(OCF)c1. The molecule has 1 rings (SSSR count). The van der Waals surface area contributed by atoms with E-state index in [1.54, 1.807) is 12.1 Å². The number of carbonyl (C=O) groups excluding carboxylic acids is 1. The molecule has 0 aromatic heterocycles. The lowest BCUT2D eigenvalue weighted by atomic mass is 10.2. The summed E-state index contributed by atoms with van der Waals surface area (Å²) in [5, 5.41) is 0. The van der Waals surface area contributed by atoms with Gasteiger partial charge in [-0.25, -0.2) is 4.39 Å². The Hall–Kier alpha value is -1.58. The zero-order valence-electron chi connectivity index (χ0n) is 6.29. The van der Waals surface area contributed by atoms with Crippen molar-refractivity contribution in [3.05, 3.63) is 29.8 Å². The summed E-state index contributed by atoms with van der Waals surface area (Å²) in [4.78, 5) is 10.6. The predicted octanol–water partition coefficient (Wildman–Crippen LogP) is 1.09. The molecule has 0 heterocycles. The van der Waals surface area contributed by atoms with E-state index in [2.05, 4.69) is 4.74 Å². The molecule has 0 spiro atoms. The van der Waals surface area contributed by atoms with Crippen LogP contribution in [0.15, 0.2) is 24.3 Å². The third kappa shape index (κ3) is 1.95. The van der Waals surface area contributed by atoms with Crippen LogP contribution in [0.4, 0.5) is 4.39 Å². The lowest BCUT2D eigenvalue weighted by Crippen LogP contribution is -2.10. The summed E-state index contributed by atoms with van der Waals surface area (Å²) in [6.45, 7) is -0.914. The zero-order chi connectivity index (χ0) is 8.97. The van der Waals surface area contributed by atoms with Gasteiger partial charge in [0.15, 0.2) is 0 Å². The normalized spacial score (nSPS) is 9.42. The van der Waals surface area contributed by atoms with E-state index in [0.29, 0.717) is 11.3 Å². The van der Waals surface area contributed by atoms with Gasteiger partial charge in [-0.2, -0.15) is 0 Å². The molecule has 1 aromatic carbocycles. The van der Waals surface area contributed by atoms with Crippen molar-refractivity contribution in [1.29, 1.82) is 0 Å². The Kier molecular flexibility index (Phi) is 2.63. The predicted molar refractivity (Wildman–Crippen MR) is 41.6 cm³/mol. The number of hydrogen-bond donors (Lipinski definition) is 1. The maximum atomic E-state index is 11.7. The number of halogens is 1. The van der Waals surface area contributed by atoms with Crippen molar-refractivity contribution < 1.29 is 13.9 Å². The number of amides is 1. The largest absolute Gasteiger partial charge is 0.463 e. The summed E-state index contributed by atoms with van der Waals surface area (Å²) in [5.74, 6) is -0.256. The monoisotopic (exact) mass is 169 g/mol. The van der Waals surface area contributed by atoms with Crippen LogP contribution in [0.25, 0.3) is 0 Å². The molecule has 12 heavy (non-hydrogen) atoms. The Morgan fingerprint density at radius 2 is 2.33 bits per heavy atom. The number of primary amides is 1. The number of benzene rings is 1. The number of hydrogen-bond acceptors (Lipinski definition) is 2. The van der Waals surface area contributed by atoms with Crippen LogP contribution < -0.4 is 10.5 Å². The van der Waals surface area contributed by atoms with Gasteiger partial charge in [-0.3, -0.25) is 4.79 Å². The lowest BCUT2D eigenvalue weighted by Gasteiger charge is -2.01. The summed E-state index contributed by atoms with van der Waals surface area (Å²) in [7, 11) is 0. The van der Waals surface area contributed by atoms with Crippen LogP contribution in [-0.2, 0) is 0 Å². The quantitative estimate of drug-likeness (QED) is 0.736. The van der Waals surface area contributed by atoms with E-state index < -0.39 is 12.8 Å². The molecule has 0 aliphatic heterocycles. The lowest BCUT2D eigenvalue weighted by molar-refractivity contribution is 0.0999. The molecule has 4 heteroatoms. The second-order valence-corrected chi connectivity index (χ2v) is 2.15. The molecule has 1 amide bonds. The standard InChI is InChI=1S/C8H8FNO2/c9-5-12-7-3-1-2-6(4-7)8(10)11/h1-4H,5H2,(H2,10,11). The van der Waals surface area contributed by atoms with Crippen molar-refractivity contribution in [2.24, 2.45) is 5.73 Å². The molecule has 0 saturated carbocycles. The van der Waals surface area contributed by atoms with Crippen LogP contribution in [0.1, 0.15) is 10.4 Å². The minimum atomic E-state index is -0.914. The van der Waals surface area contributed by atoms with Gasteiger partial charge in [0.05, 0.1) is 0 Å². The fraction of sp³-hybridized carbons (Fsp3) is 0.125. The number of alkyl halides is 1. The highest BCUT2D eigenvalue weighted by atomic mass is 19.1. The van der Waals surface area contributed by atoms with Gasteiger partial charge >= 0.3 is 0 Å². The molecule has 2 N–H and O–H groups in total. The fourth-order valence-corrected chi connectivity index (χ4v) is 0.802. The number of nitrogens with two attached hydrogens (primary N) is 1. The highest BCUT2D eigenvalue weighted by Gasteiger charge is 2.00. The molecule has 1 aromatic rings.